The summed E-state index contributed by atoms with van der Waals surface area (Å²) in [6, 6.07) is 26.3. The lowest BCUT2D eigenvalue weighted by Gasteiger charge is -2.32. The fraction of sp³-hybridized carbons (Fsp3) is 0.267. The Morgan fingerprint density at radius 1 is 0.943 bits per heavy atom. The molecule has 1 aliphatic rings. The zero-order valence-corrected chi connectivity index (χ0v) is 20.0. The number of aromatic nitrogens is 1. The number of piperidine rings is 1. The van der Waals surface area contributed by atoms with Crippen LogP contribution in [0.4, 0.5) is 0 Å². The number of benzene rings is 3. The van der Waals surface area contributed by atoms with Gasteiger partial charge in [-0.1, -0.05) is 66.7 Å². The van der Waals surface area contributed by atoms with Gasteiger partial charge >= 0.3 is 0 Å². The van der Waals surface area contributed by atoms with Crippen LogP contribution in [0.5, 0.6) is 0 Å². The average molecular weight is 466 g/mol. The van der Waals surface area contributed by atoms with Crippen LogP contribution in [0.1, 0.15) is 45.8 Å². The van der Waals surface area contributed by atoms with Crippen molar-refractivity contribution >= 4 is 22.7 Å². The third kappa shape index (κ3) is 4.85. The van der Waals surface area contributed by atoms with Crippen molar-refractivity contribution in [1.29, 1.82) is 0 Å². The predicted molar refractivity (Wildman–Crippen MR) is 139 cm³/mol. The number of carbonyl (C=O) groups excluding carboxylic acids is 2. The first-order valence-corrected chi connectivity index (χ1v) is 12.4. The normalized spacial score (nSPS) is 15.2. The Labute approximate surface area is 206 Å². The number of nitrogens with zero attached hydrogens (tertiary/aromatic N) is 1. The second-order valence-corrected chi connectivity index (χ2v) is 9.38. The molecule has 0 bridgehead atoms. The molecular weight excluding hydrogens is 434 g/mol. The van der Waals surface area contributed by atoms with Crippen molar-refractivity contribution in [3.05, 3.63) is 107 Å². The van der Waals surface area contributed by atoms with E-state index in [9.17, 15) is 9.59 Å². The van der Waals surface area contributed by atoms with Crippen molar-refractivity contribution in [3.8, 4) is 0 Å². The molecule has 1 aromatic heterocycles. The van der Waals surface area contributed by atoms with Gasteiger partial charge in [0.25, 0.3) is 5.91 Å². The van der Waals surface area contributed by atoms with Crippen molar-refractivity contribution in [2.24, 2.45) is 5.92 Å². The Hall–Kier alpha value is -3.86. The van der Waals surface area contributed by atoms with E-state index in [1.54, 1.807) is 0 Å². The molecular formula is C30H31N3O2. The number of hydrogen-bond donors (Lipinski definition) is 2. The largest absolute Gasteiger partial charge is 0.361 e. The molecule has 1 atom stereocenters. The molecule has 2 N–H and O–H groups in total. The Bertz CT molecular complexity index is 1320. The van der Waals surface area contributed by atoms with Gasteiger partial charge in [0.15, 0.2) is 0 Å². The van der Waals surface area contributed by atoms with Crippen molar-refractivity contribution in [2.75, 3.05) is 19.6 Å². The minimum atomic E-state index is -0.0738. The van der Waals surface area contributed by atoms with Crippen LogP contribution in [0.3, 0.4) is 0 Å². The first-order valence-electron chi connectivity index (χ1n) is 12.4. The second-order valence-electron chi connectivity index (χ2n) is 9.38. The van der Waals surface area contributed by atoms with E-state index < -0.39 is 0 Å². The maximum absolute atomic E-state index is 13.1. The van der Waals surface area contributed by atoms with Crippen LogP contribution in [-0.4, -0.2) is 41.3 Å². The van der Waals surface area contributed by atoms with Crippen molar-refractivity contribution in [1.82, 2.24) is 15.2 Å². The summed E-state index contributed by atoms with van der Waals surface area (Å²) in [6.45, 7) is 3.71. The van der Waals surface area contributed by atoms with E-state index in [0.29, 0.717) is 32.5 Å². The fourth-order valence-corrected chi connectivity index (χ4v) is 5.15. The van der Waals surface area contributed by atoms with E-state index in [0.717, 1.165) is 16.6 Å². The predicted octanol–water partition coefficient (Wildman–Crippen LogP) is 5.28. The maximum atomic E-state index is 13.1. The molecule has 3 aromatic carbocycles. The van der Waals surface area contributed by atoms with Gasteiger partial charge in [-0.3, -0.25) is 9.59 Å². The SMILES string of the molecule is Cc1ccccc1C(=O)N1CCC(C(=O)NC[C@@H](c2ccccc2)c2c[nH]c3ccccc23)CC1. The lowest BCUT2D eigenvalue weighted by atomic mass is 9.90. The van der Waals surface area contributed by atoms with Gasteiger partial charge in [0.1, 0.15) is 0 Å². The number of amides is 2. The molecule has 1 fully saturated rings. The molecule has 2 amide bonds. The zero-order chi connectivity index (χ0) is 24.2. The average Bonchev–Trinajstić information content (AvgIpc) is 3.33. The molecule has 0 spiro atoms. The smallest absolute Gasteiger partial charge is 0.254 e. The highest BCUT2D eigenvalue weighted by atomic mass is 16.2. The fourth-order valence-electron chi connectivity index (χ4n) is 5.15. The molecule has 4 aromatic rings. The molecule has 178 valence electrons. The lowest BCUT2D eigenvalue weighted by molar-refractivity contribution is -0.126. The highest BCUT2D eigenvalue weighted by molar-refractivity contribution is 5.95. The lowest BCUT2D eigenvalue weighted by Crippen LogP contribution is -2.43. The van der Waals surface area contributed by atoms with E-state index in [2.05, 4.69) is 40.8 Å². The molecule has 5 heteroatoms. The molecule has 2 heterocycles. The second kappa shape index (κ2) is 10.2. The number of aromatic amines is 1. The van der Waals surface area contributed by atoms with E-state index >= 15 is 0 Å². The van der Waals surface area contributed by atoms with Gasteiger partial charge in [0, 0.05) is 54.1 Å². The highest BCUT2D eigenvalue weighted by Gasteiger charge is 2.29. The van der Waals surface area contributed by atoms with Gasteiger partial charge in [-0.2, -0.15) is 0 Å². The maximum Gasteiger partial charge on any atom is 0.254 e. The van der Waals surface area contributed by atoms with Crippen LogP contribution in [0.2, 0.25) is 0 Å². The number of H-pyrrole nitrogens is 1. The van der Waals surface area contributed by atoms with Crippen LogP contribution >= 0.6 is 0 Å². The zero-order valence-electron chi connectivity index (χ0n) is 20.0. The summed E-state index contributed by atoms with van der Waals surface area (Å²) in [6.07, 6.45) is 3.43. The molecule has 1 aliphatic heterocycles. The van der Waals surface area contributed by atoms with Crippen molar-refractivity contribution in [3.63, 3.8) is 0 Å². The Balaban J connectivity index is 1.24. The van der Waals surface area contributed by atoms with Gasteiger partial charge in [0.05, 0.1) is 0 Å². The van der Waals surface area contributed by atoms with Gasteiger partial charge in [-0.15, -0.1) is 0 Å². The molecule has 5 rings (SSSR count). The molecule has 1 saturated heterocycles. The summed E-state index contributed by atoms with van der Waals surface area (Å²) in [5.74, 6) is 0.119. The van der Waals surface area contributed by atoms with Crippen LogP contribution in [0, 0.1) is 12.8 Å². The summed E-state index contributed by atoms with van der Waals surface area (Å²) < 4.78 is 0. The third-order valence-electron chi connectivity index (χ3n) is 7.21. The van der Waals surface area contributed by atoms with Gasteiger partial charge in [-0.05, 0) is 48.6 Å². The number of hydrogen-bond acceptors (Lipinski definition) is 2. The molecule has 0 aliphatic carbocycles. The first-order chi connectivity index (χ1) is 17.1. The van der Waals surface area contributed by atoms with Crippen LogP contribution < -0.4 is 5.32 Å². The number of nitrogens with one attached hydrogen (secondary N) is 2. The summed E-state index contributed by atoms with van der Waals surface area (Å²) in [4.78, 5) is 31.3. The quantitative estimate of drug-likeness (QED) is 0.407. The Morgan fingerprint density at radius 2 is 1.63 bits per heavy atom. The number of para-hydroxylation sites is 1. The summed E-state index contributed by atoms with van der Waals surface area (Å²) in [5.41, 5.74) is 5.20. The number of carbonyl (C=O) groups is 2. The van der Waals surface area contributed by atoms with Crippen molar-refractivity contribution < 1.29 is 9.59 Å². The van der Waals surface area contributed by atoms with Crippen molar-refractivity contribution in [2.45, 2.75) is 25.7 Å². The van der Waals surface area contributed by atoms with E-state index in [1.807, 2.05) is 66.4 Å². The minimum absolute atomic E-state index is 0.0547. The Kier molecular flexibility index (Phi) is 6.66. The topological polar surface area (TPSA) is 65.2 Å². The van der Waals surface area contributed by atoms with Gasteiger partial charge in [-0.25, -0.2) is 0 Å². The monoisotopic (exact) mass is 465 g/mol. The van der Waals surface area contributed by atoms with Gasteiger partial charge in [0.2, 0.25) is 5.91 Å². The third-order valence-corrected chi connectivity index (χ3v) is 7.21. The molecule has 0 unspecified atom stereocenters. The minimum Gasteiger partial charge on any atom is -0.361 e. The van der Waals surface area contributed by atoms with Crippen LogP contribution in [-0.2, 0) is 4.79 Å². The first kappa shape index (κ1) is 22.9. The Morgan fingerprint density at radius 3 is 2.40 bits per heavy atom. The summed E-state index contributed by atoms with van der Waals surface area (Å²) in [5, 5.41) is 4.41. The van der Waals surface area contributed by atoms with Crippen LogP contribution in [0.15, 0.2) is 85.1 Å². The van der Waals surface area contributed by atoms with Crippen LogP contribution in [0.25, 0.3) is 10.9 Å². The standard InChI is InChI=1S/C30H31N3O2/c1-21-9-5-6-12-24(21)30(35)33-17-15-23(16-18-33)29(34)32-19-26(22-10-3-2-4-11-22)27-20-31-28-14-8-7-13-25(27)28/h2-14,20,23,26,31H,15-19H2,1H3,(H,32,34)/t26-/m0/s1. The summed E-state index contributed by atoms with van der Waals surface area (Å²) in [7, 11) is 0. The van der Waals surface area contributed by atoms with Gasteiger partial charge < -0.3 is 15.2 Å². The highest BCUT2D eigenvalue weighted by Crippen LogP contribution is 2.31. The van der Waals surface area contributed by atoms with E-state index in [-0.39, 0.29) is 23.7 Å². The molecule has 35 heavy (non-hydrogen) atoms. The molecule has 5 nitrogen and oxygen atoms in total. The number of aryl methyl sites for hydroxylation is 1. The summed E-state index contributed by atoms with van der Waals surface area (Å²) >= 11 is 0. The number of likely N-dealkylation sites (tertiary alicyclic amines) is 1. The van der Waals surface area contributed by atoms with E-state index in [4.69, 9.17) is 0 Å². The molecule has 0 radical (unpaired) electrons. The molecule has 0 saturated carbocycles. The number of rotatable bonds is 6. The number of fused-ring (bicyclic) bond motifs is 1. The van der Waals surface area contributed by atoms with E-state index in [1.165, 1.54) is 16.5 Å².